The van der Waals surface area contributed by atoms with Gasteiger partial charge in [-0.3, -0.25) is 20.5 Å². The van der Waals surface area contributed by atoms with Gasteiger partial charge in [-0.25, -0.2) is 4.39 Å². The summed E-state index contributed by atoms with van der Waals surface area (Å²) in [5.74, 6) is 0.804. The molecule has 0 aromatic heterocycles. The van der Waals surface area contributed by atoms with Gasteiger partial charge in [0.1, 0.15) is 5.82 Å². The molecule has 148 valence electrons. The van der Waals surface area contributed by atoms with E-state index >= 15 is 0 Å². The molecule has 1 aromatic carbocycles. The lowest BCUT2D eigenvalue weighted by Gasteiger charge is -2.37. The molecule has 0 radical (unpaired) electrons. The molecule has 3 heterocycles. The van der Waals surface area contributed by atoms with Crippen molar-refractivity contribution < 1.29 is 13.9 Å². The number of carbonyl (C=O) groups excluding carboxylic acids is 1. The van der Waals surface area contributed by atoms with Crippen molar-refractivity contribution in [2.75, 3.05) is 52.5 Å². The Morgan fingerprint density at radius 2 is 1.96 bits per heavy atom. The summed E-state index contributed by atoms with van der Waals surface area (Å²) in [5.41, 5.74) is 7.71. The number of benzene rings is 1. The lowest BCUT2D eigenvalue weighted by Crippen LogP contribution is -2.49. The van der Waals surface area contributed by atoms with Gasteiger partial charge in [-0.1, -0.05) is 12.1 Å². The number of nitrogens with zero attached hydrogens (tertiary/aromatic N) is 2. The van der Waals surface area contributed by atoms with Crippen LogP contribution in [0.25, 0.3) is 0 Å². The van der Waals surface area contributed by atoms with Crippen LogP contribution in [0.4, 0.5) is 4.39 Å². The van der Waals surface area contributed by atoms with Crippen LogP contribution in [0.15, 0.2) is 24.3 Å². The minimum Gasteiger partial charge on any atom is -0.379 e. The summed E-state index contributed by atoms with van der Waals surface area (Å²) in [7, 11) is 0. The van der Waals surface area contributed by atoms with E-state index in [-0.39, 0.29) is 23.7 Å². The lowest BCUT2D eigenvalue weighted by molar-refractivity contribution is -0.135. The zero-order valence-electron chi connectivity index (χ0n) is 15.7. The van der Waals surface area contributed by atoms with E-state index in [2.05, 4.69) is 15.8 Å². The summed E-state index contributed by atoms with van der Waals surface area (Å²) < 4.78 is 19.0. The second-order valence-corrected chi connectivity index (χ2v) is 7.82. The average Bonchev–Trinajstić information content (AvgIpc) is 3.19. The minimum atomic E-state index is -0.179. The zero-order valence-corrected chi connectivity index (χ0v) is 15.7. The van der Waals surface area contributed by atoms with Crippen LogP contribution >= 0.6 is 0 Å². The fraction of sp³-hybridized carbons (Fsp3) is 0.650. The molecule has 1 amide bonds. The summed E-state index contributed by atoms with van der Waals surface area (Å²) in [4.78, 5) is 16.8. The number of hydrazine groups is 1. The molecule has 3 aliphatic heterocycles. The molecule has 2 unspecified atom stereocenters. The number of likely N-dealkylation sites (tertiary alicyclic amines) is 1. The normalized spacial score (nSPS) is 27.8. The summed E-state index contributed by atoms with van der Waals surface area (Å²) in [6.07, 6.45) is 1.97. The van der Waals surface area contributed by atoms with E-state index in [4.69, 9.17) is 4.74 Å². The molecule has 3 saturated heterocycles. The maximum absolute atomic E-state index is 13.6. The Hall–Kier alpha value is -1.54. The van der Waals surface area contributed by atoms with E-state index in [9.17, 15) is 9.18 Å². The first-order valence-corrected chi connectivity index (χ1v) is 10.0. The Morgan fingerprint density at radius 1 is 1.19 bits per heavy atom. The topological polar surface area (TPSA) is 56.8 Å². The Bertz CT molecular complexity index is 645. The van der Waals surface area contributed by atoms with Gasteiger partial charge in [0.15, 0.2) is 0 Å². The molecule has 3 aliphatic rings. The second-order valence-electron chi connectivity index (χ2n) is 7.82. The monoisotopic (exact) mass is 376 g/mol. The van der Waals surface area contributed by atoms with Crippen LogP contribution in [0.3, 0.4) is 0 Å². The van der Waals surface area contributed by atoms with Crippen LogP contribution in [-0.2, 0) is 9.53 Å². The highest BCUT2D eigenvalue weighted by atomic mass is 19.1. The molecule has 4 rings (SSSR count). The smallest absolute Gasteiger partial charge is 0.236 e. The molecular formula is C20H29FN4O2. The fourth-order valence-corrected chi connectivity index (χ4v) is 4.58. The second kappa shape index (κ2) is 8.65. The first-order valence-electron chi connectivity index (χ1n) is 10.0. The van der Waals surface area contributed by atoms with Crippen LogP contribution in [0.5, 0.6) is 0 Å². The van der Waals surface area contributed by atoms with Gasteiger partial charge < -0.3 is 9.64 Å². The highest BCUT2D eigenvalue weighted by molar-refractivity contribution is 5.78. The Kier molecular flexibility index (Phi) is 6.02. The first-order chi connectivity index (χ1) is 13.2. The summed E-state index contributed by atoms with van der Waals surface area (Å²) in [5, 5.41) is 0. The van der Waals surface area contributed by atoms with Gasteiger partial charge in [0.25, 0.3) is 0 Å². The summed E-state index contributed by atoms with van der Waals surface area (Å²) in [6.45, 7) is 6.05. The van der Waals surface area contributed by atoms with Gasteiger partial charge in [0, 0.05) is 44.7 Å². The SMILES string of the molecule is O=C(CN1CCOCC1)N1CCC(C2NNCC2c2cccc(F)c2)CC1. The standard InChI is InChI=1S/C20H29FN4O2/c21-17-3-1-2-16(12-17)18-13-22-23-20(18)15-4-6-25(7-5-15)19(26)14-24-8-10-27-11-9-24/h1-3,12,15,18,20,22-23H,4-11,13-14H2. The number of amides is 1. The van der Waals surface area contributed by atoms with Crippen molar-refractivity contribution in [3.63, 3.8) is 0 Å². The Labute approximate surface area is 160 Å². The van der Waals surface area contributed by atoms with Crippen molar-refractivity contribution >= 4 is 5.91 Å². The number of morpholine rings is 1. The first kappa shape index (κ1) is 18.8. The van der Waals surface area contributed by atoms with E-state index in [0.717, 1.165) is 64.3 Å². The number of ether oxygens (including phenoxy) is 1. The van der Waals surface area contributed by atoms with E-state index in [1.807, 2.05) is 11.0 Å². The largest absolute Gasteiger partial charge is 0.379 e. The fourth-order valence-electron chi connectivity index (χ4n) is 4.58. The number of hydrogen-bond acceptors (Lipinski definition) is 5. The predicted molar refractivity (Wildman–Crippen MR) is 101 cm³/mol. The molecule has 3 fully saturated rings. The molecular weight excluding hydrogens is 347 g/mol. The quantitative estimate of drug-likeness (QED) is 0.820. The molecule has 0 saturated carbocycles. The van der Waals surface area contributed by atoms with Gasteiger partial charge in [0.2, 0.25) is 5.91 Å². The molecule has 1 aromatic rings. The van der Waals surface area contributed by atoms with Gasteiger partial charge in [-0.2, -0.15) is 0 Å². The number of rotatable bonds is 4. The zero-order chi connectivity index (χ0) is 18.6. The molecule has 7 heteroatoms. The van der Waals surface area contributed by atoms with Crippen molar-refractivity contribution in [2.24, 2.45) is 5.92 Å². The number of nitrogens with one attached hydrogen (secondary N) is 2. The van der Waals surface area contributed by atoms with E-state index in [0.29, 0.717) is 12.5 Å². The van der Waals surface area contributed by atoms with E-state index in [1.54, 1.807) is 12.1 Å². The van der Waals surface area contributed by atoms with Crippen LogP contribution in [0, 0.1) is 11.7 Å². The van der Waals surface area contributed by atoms with Crippen LogP contribution in [0.2, 0.25) is 0 Å². The maximum atomic E-state index is 13.6. The van der Waals surface area contributed by atoms with Gasteiger partial charge in [-0.15, -0.1) is 0 Å². The van der Waals surface area contributed by atoms with Crippen molar-refractivity contribution in [3.05, 3.63) is 35.6 Å². The Balaban J connectivity index is 1.31. The van der Waals surface area contributed by atoms with E-state index < -0.39 is 0 Å². The molecule has 6 nitrogen and oxygen atoms in total. The van der Waals surface area contributed by atoms with Crippen molar-refractivity contribution in [1.82, 2.24) is 20.7 Å². The van der Waals surface area contributed by atoms with Crippen molar-refractivity contribution in [2.45, 2.75) is 24.8 Å². The molecule has 0 aliphatic carbocycles. The highest BCUT2D eigenvalue weighted by Crippen LogP contribution is 2.32. The van der Waals surface area contributed by atoms with Crippen molar-refractivity contribution in [3.8, 4) is 0 Å². The minimum absolute atomic E-state index is 0.179. The number of halogens is 1. The summed E-state index contributed by atoms with van der Waals surface area (Å²) >= 11 is 0. The third-order valence-corrected chi connectivity index (χ3v) is 6.16. The third-order valence-electron chi connectivity index (χ3n) is 6.16. The third kappa shape index (κ3) is 4.48. The van der Waals surface area contributed by atoms with Crippen LogP contribution in [-0.4, -0.2) is 74.2 Å². The lowest BCUT2D eigenvalue weighted by atomic mass is 9.80. The van der Waals surface area contributed by atoms with Gasteiger partial charge >= 0.3 is 0 Å². The van der Waals surface area contributed by atoms with Crippen LogP contribution < -0.4 is 10.9 Å². The molecule has 2 atom stereocenters. The van der Waals surface area contributed by atoms with Crippen LogP contribution in [0.1, 0.15) is 24.3 Å². The highest BCUT2D eigenvalue weighted by Gasteiger charge is 2.37. The Morgan fingerprint density at radius 3 is 2.70 bits per heavy atom. The molecule has 27 heavy (non-hydrogen) atoms. The average molecular weight is 376 g/mol. The maximum Gasteiger partial charge on any atom is 0.236 e. The van der Waals surface area contributed by atoms with Crippen molar-refractivity contribution in [1.29, 1.82) is 0 Å². The molecule has 0 bridgehead atoms. The number of piperidine rings is 1. The molecule has 0 spiro atoms. The van der Waals surface area contributed by atoms with Gasteiger partial charge in [0.05, 0.1) is 19.8 Å². The number of carbonyl (C=O) groups is 1. The predicted octanol–water partition coefficient (Wildman–Crippen LogP) is 0.957. The summed E-state index contributed by atoms with van der Waals surface area (Å²) in [6, 6.07) is 7.21. The van der Waals surface area contributed by atoms with E-state index in [1.165, 1.54) is 6.07 Å². The van der Waals surface area contributed by atoms with Gasteiger partial charge in [-0.05, 0) is 36.5 Å². The molecule has 2 N–H and O–H groups in total. The number of hydrogen-bond donors (Lipinski definition) is 2.